The Bertz CT molecular complexity index is 1240. The average Bonchev–Trinajstić information content (AvgIpc) is 3.31. The van der Waals surface area contributed by atoms with Crippen LogP contribution in [0.5, 0.6) is 11.5 Å². The van der Waals surface area contributed by atoms with Crippen LogP contribution in [0.1, 0.15) is 44.6 Å². The summed E-state index contributed by atoms with van der Waals surface area (Å²) < 4.78 is 10.8. The first-order chi connectivity index (χ1) is 15.7. The van der Waals surface area contributed by atoms with Crippen LogP contribution in [0.3, 0.4) is 0 Å². The highest BCUT2D eigenvalue weighted by Gasteiger charge is 2.46. The second kappa shape index (κ2) is 7.41. The van der Waals surface area contributed by atoms with E-state index in [0.717, 1.165) is 23.1 Å². The summed E-state index contributed by atoms with van der Waals surface area (Å²) in [6.45, 7) is 1.20. The Morgan fingerprint density at radius 1 is 0.969 bits per heavy atom. The maximum Gasteiger partial charge on any atom is 0.254 e. The number of rotatable bonds is 3. The molecule has 6 nitrogen and oxygen atoms in total. The highest BCUT2D eigenvalue weighted by molar-refractivity contribution is 6.01. The molecule has 0 saturated carbocycles. The molecule has 32 heavy (non-hydrogen) atoms. The lowest BCUT2D eigenvalue weighted by Gasteiger charge is -2.45. The first-order valence-electron chi connectivity index (χ1n) is 10.8. The van der Waals surface area contributed by atoms with Crippen LogP contribution in [0, 0.1) is 0 Å². The maximum atomic E-state index is 13.6. The summed E-state index contributed by atoms with van der Waals surface area (Å²) in [5.74, 6) is 0.848. The van der Waals surface area contributed by atoms with Crippen LogP contribution in [-0.2, 0) is 17.8 Å². The van der Waals surface area contributed by atoms with Crippen molar-refractivity contribution in [1.82, 2.24) is 10.2 Å². The maximum absolute atomic E-state index is 13.6. The second-order valence-electron chi connectivity index (χ2n) is 8.36. The van der Waals surface area contributed by atoms with Crippen LogP contribution in [0.2, 0.25) is 0 Å². The van der Waals surface area contributed by atoms with E-state index in [4.69, 9.17) is 9.47 Å². The number of nitrogens with zero attached hydrogens (tertiary/aromatic N) is 1. The Morgan fingerprint density at radius 2 is 1.75 bits per heavy atom. The Kier molecular flexibility index (Phi) is 4.38. The van der Waals surface area contributed by atoms with Crippen LogP contribution >= 0.6 is 0 Å². The predicted octanol–water partition coefficient (Wildman–Crippen LogP) is 3.57. The van der Waals surface area contributed by atoms with Crippen LogP contribution in [0.4, 0.5) is 0 Å². The zero-order valence-corrected chi connectivity index (χ0v) is 17.4. The summed E-state index contributed by atoms with van der Waals surface area (Å²) >= 11 is 0. The van der Waals surface area contributed by atoms with E-state index in [1.807, 2.05) is 65.6 Å². The molecule has 2 amide bonds. The van der Waals surface area contributed by atoms with Crippen LogP contribution in [0.25, 0.3) is 0 Å². The van der Waals surface area contributed by atoms with Crippen molar-refractivity contribution in [3.05, 3.63) is 94.5 Å². The minimum Gasteiger partial charge on any atom is -0.454 e. The van der Waals surface area contributed by atoms with Gasteiger partial charge in [-0.15, -0.1) is 0 Å². The molecular formula is C26H22N2O4. The van der Waals surface area contributed by atoms with Gasteiger partial charge in [0.05, 0.1) is 12.0 Å². The third-order valence-electron chi connectivity index (χ3n) is 6.62. The van der Waals surface area contributed by atoms with Crippen molar-refractivity contribution < 1.29 is 19.1 Å². The summed E-state index contributed by atoms with van der Waals surface area (Å²) in [6.07, 6.45) is 0.798. The topological polar surface area (TPSA) is 67.9 Å². The van der Waals surface area contributed by atoms with E-state index >= 15 is 0 Å². The minimum absolute atomic E-state index is 0.0000704. The van der Waals surface area contributed by atoms with E-state index in [0.29, 0.717) is 30.2 Å². The number of carbonyl (C=O) groups excluding carboxylic acids is 2. The number of hydrogen-bond acceptors (Lipinski definition) is 4. The molecule has 0 aromatic heterocycles. The van der Waals surface area contributed by atoms with E-state index in [-0.39, 0.29) is 24.6 Å². The van der Waals surface area contributed by atoms with Gasteiger partial charge < -0.3 is 19.7 Å². The lowest BCUT2D eigenvalue weighted by Crippen LogP contribution is -2.50. The van der Waals surface area contributed by atoms with Crippen molar-refractivity contribution in [3.8, 4) is 11.5 Å². The summed E-state index contributed by atoms with van der Waals surface area (Å²) in [5, 5.41) is 3.11. The van der Waals surface area contributed by atoms with Crippen LogP contribution in [-0.4, -0.2) is 30.1 Å². The molecule has 3 aliphatic heterocycles. The van der Waals surface area contributed by atoms with Gasteiger partial charge in [-0.25, -0.2) is 0 Å². The van der Waals surface area contributed by atoms with Crippen LogP contribution in [0.15, 0.2) is 66.7 Å². The van der Waals surface area contributed by atoms with Gasteiger partial charge in [-0.2, -0.15) is 0 Å². The number of benzene rings is 3. The lowest BCUT2D eigenvalue weighted by molar-refractivity contribution is -0.124. The fourth-order valence-electron chi connectivity index (χ4n) is 5.11. The van der Waals surface area contributed by atoms with Crippen molar-refractivity contribution in [2.45, 2.75) is 24.9 Å². The number of fused-ring (bicyclic) bond motifs is 5. The number of ether oxygens (including phenoxy) is 2. The van der Waals surface area contributed by atoms with Gasteiger partial charge in [-0.1, -0.05) is 48.5 Å². The normalized spacial score (nSPS) is 20.2. The van der Waals surface area contributed by atoms with Crippen molar-refractivity contribution in [2.75, 3.05) is 13.3 Å². The molecule has 2 atom stereocenters. The molecule has 0 saturated heterocycles. The number of nitrogens with one attached hydrogen (secondary N) is 1. The Balaban J connectivity index is 1.35. The standard InChI is InChI=1S/C26H22N2O4/c29-25(27-14-16-9-10-21-22(13-16)32-15-31-21)23-19-7-3-4-8-20(19)26(30)28-12-11-17-5-1-2-6-18(17)24(23)28/h1-10,13,23-24H,11-12,14-15H2,(H,27,29). The number of carbonyl (C=O) groups is 2. The lowest BCUT2D eigenvalue weighted by atomic mass is 9.76. The van der Waals surface area contributed by atoms with Crippen molar-refractivity contribution in [3.63, 3.8) is 0 Å². The molecule has 1 N–H and O–H groups in total. The Labute approximate surface area is 185 Å². The molecule has 2 unspecified atom stereocenters. The third-order valence-corrected chi connectivity index (χ3v) is 6.62. The molecule has 3 aromatic rings. The van der Waals surface area contributed by atoms with Gasteiger partial charge in [0.15, 0.2) is 11.5 Å². The molecular weight excluding hydrogens is 404 g/mol. The van der Waals surface area contributed by atoms with E-state index in [1.165, 1.54) is 5.56 Å². The third kappa shape index (κ3) is 2.94. The van der Waals surface area contributed by atoms with Crippen LogP contribution < -0.4 is 14.8 Å². The summed E-state index contributed by atoms with van der Waals surface area (Å²) in [4.78, 5) is 28.8. The summed E-state index contributed by atoms with van der Waals surface area (Å²) in [5.41, 5.74) is 4.60. The average molecular weight is 426 g/mol. The molecule has 3 heterocycles. The van der Waals surface area contributed by atoms with Gasteiger partial charge in [0, 0.05) is 18.7 Å². The largest absolute Gasteiger partial charge is 0.454 e. The van der Waals surface area contributed by atoms with Gasteiger partial charge in [0.25, 0.3) is 5.91 Å². The first kappa shape index (κ1) is 18.9. The second-order valence-corrected chi connectivity index (χ2v) is 8.36. The molecule has 0 aliphatic carbocycles. The van der Waals surface area contributed by atoms with Crippen molar-refractivity contribution in [1.29, 1.82) is 0 Å². The SMILES string of the molecule is O=C(NCc1ccc2c(c1)OCO2)C1c2ccccc2C(=O)N2CCc3ccccc3C12. The fraction of sp³-hybridized carbons (Fsp3) is 0.231. The minimum atomic E-state index is -0.473. The first-order valence-corrected chi connectivity index (χ1v) is 10.8. The Morgan fingerprint density at radius 3 is 2.66 bits per heavy atom. The number of amides is 2. The van der Waals surface area contributed by atoms with E-state index < -0.39 is 5.92 Å². The molecule has 3 aliphatic rings. The zero-order chi connectivity index (χ0) is 21.7. The molecule has 0 radical (unpaired) electrons. The highest BCUT2D eigenvalue weighted by atomic mass is 16.7. The summed E-state index contributed by atoms with van der Waals surface area (Å²) in [6, 6.07) is 21.0. The molecule has 6 heteroatoms. The zero-order valence-electron chi connectivity index (χ0n) is 17.4. The highest BCUT2D eigenvalue weighted by Crippen LogP contribution is 2.46. The molecule has 3 aromatic carbocycles. The molecule has 0 bridgehead atoms. The van der Waals surface area contributed by atoms with E-state index in [1.54, 1.807) is 0 Å². The molecule has 0 fully saturated rings. The van der Waals surface area contributed by atoms with Gasteiger partial charge in [0.1, 0.15) is 0 Å². The monoisotopic (exact) mass is 426 g/mol. The van der Waals surface area contributed by atoms with E-state index in [9.17, 15) is 9.59 Å². The van der Waals surface area contributed by atoms with Crippen molar-refractivity contribution in [2.24, 2.45) is 0 Å². The molecule has 0 spiro atoms. The van der Waals surface area contributed by atoms with E-state index in [2.05, 4.69) is 11.4 Å². The van der Waals surface area contributed by atoms with Gasteiger partial charge in [-0.05, 0) is 46.9 Å². The van der Waals surface area contributed by atoms with Crippen molar-refractivity contribution >= 4 is 11.8 Å². The van der Waals surface area contributed by atoms with Gasteiger partial charge in [0.2, 0.25) is 12.7 Å². The van der Waals surface area contributed by atoms with Gasteiger partial charge >= 0.3 is 0 Å². The Hall–Kier alpha value is -3.80. The van der Waals surface area contributed by atoms with Gasteiger partial charge in [-0.3, -0.25) is 9.59 Å². The smallest absolute Gasteiger partial charge is 0.254 e. The molecule has 160 valence electrons. The molecule has 6 rings (SSSR count). The number of hydrogen-bond donors (Lipinski definition) is 1. The fourth-order valence-corrected chi connectivity index (χ4v) is 5.11. The quantitative estimate of drug-likeness (QED) is 0.695. The summed E-state index contributed by atoms with van der Waals surface area (Å²) in [7, 11) is 0. The predicted molar refractivity (Wildman–Crippen MR) is 118 cm³/mol.